The van der Waals surface area contributed by atoms with E-state index in [-0.39, 0.29) is 37.3 Å². The molecule has 1 radical (unpaired) electrons. The Labute approximate surface area is 222 Å². The van der Waals surface area contributed by atoms with Crippen molar-refractivity contribution in [1.82, 2.24) is 9.97 Å². The second-order valence-corrected chi connectivity index (χ2v) is 7.94. The molecule has 0 fully saturated rings. The van der Waals surface area contributed by atoms with Crippen molar-refractivity contribution in [3.05, 3.63) is 96.0 Å². The molecule has 0 amide bonds. The van der Waals surface area contributed by atoms with Gasteiger partial charge >= 0.3 is 0 Å². The van der Waals surface area contributed by atoms with Gasteiger partial charge in [0, 0.05) is 47.6 Å². The molecule has 35 heavy (non-hydrogen) atoms. The molecular formula is C29H25IrN2O3-. The normalized spacial score (nSPS) is 12.7. The summed E-state index contributed by atoms with van der Waals surface area (Å²) in [6, 6.07) is 22.5. The van der Waals surface area contributed by atoms with Crippen molar-refractivity contribution in [3.63, 3.8) is 0 Å². The van der Waals surface area contributed by atoms with Crippen molar-refractivity contribution in [2.75, 3.05) is 0 Å². The topological polar surface area (TPSA) is 76.2 Å². The SMILES string of the molecule is CC(=O)/C=C(/C)O.[2H]C([2H])([2H])c1ccc2c(n1)oc1c(-c3cc(-c4ccc(C)cc4)ccn3)[c-]ccc12.[Ir]. The Bertz CT molecular complexity index is 1620. The van der Waals surface area contributed by atoms with Crippen molar-refractivity contribution < 1.29 is 38.5 Å². The van der Waals surface area contributed by atoms with E-state index in [4.69, 9.17) is 13.6 Å². The van der Waals surface area contributed by atoms with Gasteiger partial charge in [-0.25, -0.2) is 4.98 Å². The molecule has 0 aliphatic carbocycles. The third-order valence-electron chi connectivity index (χ3n) is 5.11. The van der Waals surface area contributed by atoms with Crippen LogP contribution in [-0.2, 0) is 24.9 Å². The van der Waals surface area contributed by atoms with Crippen LogP contribution in [0.15, 0.2) is 83.1 Å². The molecule has 5 rings (SSSR count). The fraction of sp³-hybridized carbons (Fsp3) is 0.138. The number of aromatic nitrogens is 2. The Balaban J connectivity index is 0.000000444. The van der Waals surface area contributed by atoms with Crippen molar-refractivity contribution in [3.8, 4) is 22.4 Å². The smallest absolute Gasteiger partial charge is 0.216 e. The van der Waals surface area contributed by atoms with Crippen molar-refractivity contribution in [1.29, 1.82) is 0 Å². The summed E-state index contributed by atoms with van der Waals surface area (Å²) in [5, 5.41) is 9.98. The summed E-state index contributed by atoms with van der Waals surface area (Å²) in [5.74, 6) is -0.0625. The van der Waals surface area contributed by atoms with Crippen molar-refractivity contribution >= 4 is 27.9 Å². The minimum Gasteiger partial charge on any atom is -0.512 e. The fourth-order valence-electron chi connectivity index (χ4n) is 3.60. The summed E-state index contributed by atoms with van der Waals surface area (Å²) in [6.45, 7) is 2.62. The van der Waals surface area contributed by atoms with E-state index < -0.39 is 6.85 Å². The third-order valence-corrected chi connectivity index (χ3v) is 5.11. The summed E-state index contributed by atoms with van der Waals surface area (Å²) in [4.78, 5) is 18.8. The first-order valence-corrected chi connectivity index (χ1v) is 10.7. The monoisotopic (exact) mass is 645 g/mol. The number of aliphatic hydroxyl groups is 1. The summed E-state index contributed by atoms with van der Waals surface area (Å²) in [5.41, 5.74) is 5.71. The third kappa shape index (κ3) is 6.10. The molecule has 1 N–H and O–H groups in total. The number of benzene rings is 2. The van der Waals surface area contributed by atoms with E-state index in [1.54, 1.807) is 12.3 Å². The first-order chi connectivity index (χ1) is 17.5. The molecule has 179 valence electrons. The van der Waals surface area contributed by atoms with Gasteiger partial charge in [-0.3, -0.25) is 4.79 Å². The molecule has 0 unspecified atom stereocenters. The number of ketones is 1. The van der Waals surface area contributed by atoms with E-state index in [2.05, 4.69) is 47.2 Å². The van der Waals surface area contributed by atoms with Gasteiger partial charge in [-0.2, -0.15) is 0 Å². The maximum Gasteiger partial charge on any atom is 0.216 e. The van der Waals surface area contributed by atoms with Crippen LogP contribution in [0.2, 0.25) is 0 Å². The number of carbonyl (C=O) groups excluding carboxylic acids is 1. The molecule has 0 atom stereocenters. The van der Waals surface area contributed by atoms with Gasteiger partial charge in [-0.1, -0.05) is 46.8 Å². The first kappa shape index (κ1) is 21.9. The minimum atomic E-state index is -2.29. The van der Waals surface area contributed by atoms with Gasteiger partial charge in [-0.05, 0) is 62.6 Å². The molecule has 5 nitrogen and oxygen atoms in total. The number of pyridine rings is 2. The average molecular weight is 645 g/mol. The Hall–Kier alpha value is -3.60. The standard InChI is InChI=1S/C24H17N2O.C5H8O2.Ir/c1-15-6-9-17(10-7-15)18-12-13-25-22(14-18)21-5-3-4-19-20-11-8-16(2)26-24(20)27-23(19)21;1-4(6)3-5(2)7;/h3-4,6-14H,1-2H3;3,6H,1-2H3;/q-1;;/b;4-3-;/i2D3;;. The number of nitrogens with zero attached hydrogens (tertiary/aromatic N) is 2. The Kier molecular flexibility index (Phi) is 7.02. The van der Waals surface area contributed by atoms with Gasteiger partial charge in [0.1, 0.15) is 0 Å². The quantitative estimate of drug-likeness (QED) is 0.128. The number of aryl methyl sites for hydroxylation is 2. The van der Waals surface area contributed by atoms with Crippen LogP contribution in [0, 0.1) is 19.8 Å². The number of fused-ring (bicyclic) bond motifs is 3. The molecule has 5 aromatic rings. The maximum absolute atomic E-state index is 10.0. The molecule has 0 saturated carbocycles. The van der Waals surface area contributed by atoms with E-state index in [1.165, 1.54) is 31.6 Å². The second-order valence-electron chi connectivity index (χ2n) is 7.94. The molecule has 0 spiro atoms. The summed E-state index contributed by atoms with van der Waals surface area (Å²) >= 11 is 0. The zero-order chi connectivity index (χ0) is 26.7. The van der Waals surface area contributed by atoms with E-state index in [9.17, 15) is 4.79 Å². The summed E-state index contributed by atoms with van der Waals surface area (Å²) in [6.07, 6.45) is 2.94. The molecule has 0 bridgehead atoms. The summed E-state index contributed by atoms with van der Waals surface area (Å²) < 4.78 is 28.8. The Morgan fingerprint density at radius 2 is 1.83 bits per heavy atom. The zero-order valence-corrected chi connectivity index (χ0v) is 21.8. The number of carbonyl (C=O) groups is 1. The number of hydrogen-bond acceptors (Lipinski definition) is 5. The molecule has 6 heteroatoms. The van der Waals surface area contributed by atoms with E-state index >= 15 is 0 Å². The van der Waals surface area contributed by atoms with Crippen LogP contribution in [-0.4, -0.2) is 20.9 Å². The van der Waals surface area contributed by atoms with Crippen LogP contribution in [0.1, 0.15) is 29.2 Å². The Morgan fingerprint density at radius 3 is 2.49 bits per heavy atom. The van der Waals surface area contributed by atoms with Crippen LogP contribution >= 0.6 is 0 Å². The van der Waals surface area contributed by atoms with Gasteiger partial charge in [0.15, 0.2) is 5.78 Å². The van der Waals surface area contributed by atoms with Crippen LogP contribution in [0.4, 0.5) is 0 Å². The number of hydrogen-bond donors (Lipinski definition) is 1. The molecule has 0 aliphatic heterocycles. The van der Waals surface area contributed by atoms with Crippen molar-refractivity contribution in [2.24, 2.45) is 0 Å². The largest absolute Gasteiger partial charge is 0.512 e. The molecule has 0 aliphatic rings. The number of rotatable bonds is 3. The van der Waals surface area contributed by atoms with Crippen molar-refractivity contribution in [2.45, 2.75) is 27.6 Å². The predicted octanol–water partition coefficient (Wildman–Crippen LogP) is 7.16. The fourth-order valence-corrected chi connectivity index (χ4v) is 3.60. The zero-order valence-electron chi connectivity index (χ0n) is 22.4. The van der Waals surface area contributed by atoms with Gasteiger partial charge in [-0.15, -0.1) is 18.2 Å². The van der Waals surface area contributed by atoms with Gasteiger partial charge in [0.05, 0.1) is 11.3 Å². The van der Waals surface area contributed by atoms with E-state index in [0.29, 0.717) is 11.3 Å². The van der Waals surface area contributed by atoms with Gasteiger partial charge < -0.3 is 14.5 Å². The van der Waals surface area contributed by atoms with Crippen LogP contribution in [0.25, 0.3) is 44.5 Å². The molecule has 3 heterocycles. The minimum absolute atomic E-state index is 0. The van der Waals surface area contributed by atoms with Gasteiger partial charge in [0.25, 0.3) is 0 Å². The van der Waals surface area contributed by atoms with E-state index in [0.717, 1.165) is 33.2 Å². The van der Waals surface area contributed by atoms with E-state index in [1.807, 2.05) is 24.3 Å². The van der Waals surface area contributed by atoms with Gasteiger partial charge in [0.2, 0.25) is 5.71 Å². The second kappa shape index (κ2) is 11.2. The Morgan fingerprint density at radius 1 is 1.06 bits per heavy atom. The summed E-state index contributed by atoms with van der Waals surface area (Å²) in [7, 11) is 0. The molecular weight excluding hydrogens is 617 g/mol. The number of furan rings is 1. The maximum atomic E-state index is 10.0. The molecule has 3 aromatic heterocycles. The van der Waals surface area contributed by atoms with Crippen LogP contribution in [0.5, 0.6) is 0 Å². The molecule has 0 saturated heterocycles. The average Bonchev–Trinajstić information content (AvgIpc) is 3.22. The molecule has 2 aromatic carbocycles. The van der Waals surface area contributed by atoms with Crippen LogP contribution < -0.4 is 0 Å². The number of allylic oxidation sites excluding steroid dienone is 2. The predicted molar refractivity (Wildman–Crippen MR) is 136 cm³/mol. The number of aliphatic hydroxyl groups excluding tert-OH is 1. The first-order valence-electron chi connectivity index (χ1n) is 12.2. The van der Waals surface area contributed by atoms with Crippen LogP contribution in [0.3, 0.4) is 0 Å².